The summed E-state index contributed by atoms with van der Waals surface area (Å²) in [5.41, 5.74) is 2.01. The molecule has 0 amide bonds. The highest BCUT2D eigenvalue weighted by Gasteiger charge is 2.05. The Morgan fingerprint density at radius 3 is 2.84 bits per heavy atom. The van der Waals surface area contributed by atoms with Crippen LogP contribution in [0.4, 0.5) is 0 Å². The topological polar surface area (TPSA) is 37.8 Å². The molecular weight excluding hydrogens is 274 g/mol. The minimum absolute atomic E-state index is 0.793. The van der Waals surface area contributed by atoms with E-state index in [-0.39, 0.29) is 0 Å². The number of hydrogen-bond acceptors (Lipinski definition) is 5. The smallest absolute Gasteiger partial charge is 0.142 e. The van der Waals surface area contributed by atoms with Crippen molar-refractivity contribution in [2.45, 2.75) is 13.1 Å². The maximum Gasteiger partial charge on any atom is 0.142 e. The molecule has 1 N–H and O–H groups in total. The van der Waals surface area contributed by atoms with Crippen molar-refractivity contribution >= 4 is 22.7 Å². The first-order valence-corrected chi connectivity index (χ1v) is 7.76. The summed E-state index contributed by atoms with van der Waals surface area (Å²) >= 11 is 3.41. The lowest BCUT2D eigenvalue weighted by molar-refractivity contribution is 0.690. The Labute approximate surface area is 120 Å². The maximum atomic E-state index is 4.60. The molecule has 0 aliphatic rings. The molecule has 0 radical (unpaired) electrons. The number of nitrogens with zero attached hydrogens (tertiary/aromatic N) is 2. The molecule has 19 heavy (non-hydrogen) atoms. The van der Waals surface area contributed by atoms with E-state index in [4.69, 9.17) is 0 Å². The van der Waals surface area contributed by atoms with Crippen molar-refractivity contribution in [3.8, 4) is 10.7 Å². The second-order valence-corrected chi connectivity index (χ2v) is 5.93. The van der Waals surface area contributed by atoms with Gasteiger partial charge in [-0.3, -0.25) is 4.98 Å². The van der Waals surface area contributed by atoms with Crippen molar-refractivity contribution < 1.29 is 0 Å². The predicted molar refractivity (Wildman–Crippen MR) is 80.2 cm³/mol. The molecule has 96 valence electrons. The third kappa shape index (κ3) is 3.26. The van der Waals surface area contributed by atoms with E-state index >= 15 is 0 Å². The quantitative estimate of drug-likeness (QED) is 0.779. The standard InChI is InChI=1S/C14H13N3S2/c1-2-6-16-13(5-1)14-17-11(10-19-14)8-15-9-12-4-3-7-18-12/h1-7,10,15H,8-9H2. The predicted octanol–water partition coefficient (Wildman–Crippen LogP) is 3.56. The van der Waals surface area contributed by atoms with E-state index < -0.39 is 0 Å². The largest absolute Gasteiger partial charge is 0.306 e. The summed E-state index contributed by atoms with van der Waals surface area (Å²) in [6.07, 6.45) is 1.80. The van der Waals surface area contributed by atoms with E-state index in [1.54, 1.807) is 28.9 Å². The Morgan fingerprint density at radius 2 is 2.05 bits per heavy atom. The van der Waals surface area contributed by atoms with E-state index in [0.717, 1.165) is 29.5 Å². The molecule has 0 aliphatic carbocycles. The maximum absolute atomic E-state index is 4.60. The molecule has 0 bridgehead atoms. The summed E-state index contributed by atoms with van der Waals surface area (Å²) in [5, 5.41) is 8.57. The highest BCUT2D eigenvalue weighted by atomic mass is 32.1. The summed E-state index contributed by atoms with van der Waals surface area (Å²) < 4.78 is 0. The van der Waals surface area contributed by atoms with E-state index in [9.17, 15) is 0 Å². The van der Waals surface area contributed by atoms with Crippen LogP contribution in [0.3, 0.4) is 0 Å². The molecule has 0 unspecified atom stereocenters. The number of pyridine rings is 1. The van der Waals surface area contributed by atoms with Crippen LogP contribution in [0.25, 0.3) is 10.7 Å². The molecule has 5 heteroatoms. The van der Waals surface area contributed by atoms with Gasteiger partial charge in [-0.05, 0) is 23.6 Å². The van der Waals surface area contributed by atoms with Gasteiger partial charge in [0.2, 0.25) is 0 Å². The zero-order valence-corrected chi connectivity index (χ0v) is 11.9. The number of hydrogen-bond donors (Lipinski definition) is 1. The first-order chi connectivity index (χ1) is 9.42. The Morgan fingerprint density at radius 1 is 1.05 bits per heavy atom. The number of aromatic nitrogens is 2. The van der Waals surface area contributed by atoms with Crippen LogP contribution in [-0.2, 0) is 13.1 Å². The van der Waals surface area contributed by atoms with Crippen molar-refractivity contribution in [3.63, 3.8) is 0 Å². The van der Waals surface area contributed by atoms with Crippen molar-refractivity contribution in [2.75, 3.05) is 0 Å². The molecule has 0 saturated heterocycles. The molecule has 3 aromatic heterocycles. The number of rotatable bonds is 5. The van der Waals surface area contributed by atoms with Gasteiger partial charge in [0.25, 0.3) is 0 Å². The lowest BCUT2D eigenvalue weighted by Crippen LogP contribution is -2.11. The Hall–Kier alpha value is -1.56. The van der Waals surface area contributed by atoms with Crippen LogP contribution in [0.5, 0.6) is 0 Å². The molecule has 3 heterocycles. The van der Waals surface area contributed by atoms with Crippen molar-refractivity contribution in [2.24, 2.45) is 0 Å². The highest BCUT2D eigenvalue weighted by molar-refractivity contribution is 7.13. The second kappa shape index (κ2) is 6.06. The fourth-order valence-corrected chi connectivity index (χ4v) is 3.19. The summed E-state index contributed by atoms with van der Waals surface area (Å²) in [5.74, 6) is 0. The number of nitrogens with one attached hydrogen (secondary N) is 1. The average molecular weight is 287 g/mol. The highest BCUT2D eigenvalue weighted by Crippen LogP contribution is 2.21. The van der Waals surface area contributed by atoms with Crippen molar-refractivity contribution in [3.05, 3.63) is 57.9 Å². The fraction of sp³-hybridized carbons (Fsp3) is 0.143. The van der Waals surface area contributed by atoms with Crippen molar-refractivity contribution in [1.29, 1.82) is 0 Å². The lowest BCUT2D eigenvalue weighted by atomic mass is 10.3. The third-order valence-electron chi connectivity index (χ3n) is 2.62. The van der Waals surface area contributed by atoms with E-state index in [0.29, 0.717) is 0 Å². The molecule has 3 aromatic rings. The minimum Gasteiger partial charge on any atom is -0.306 e. The van der Waals surface area contributed by atoms with Gasteiger partial charge in [0.05, 0.1) is 11.4 Å². The first-order valence-electron chi connectivity index (χ1n) is 6.01. The molecule has 3 nitrogen and oxygen atoms in total. The monoisotopic (exact) mass is 287 g/mol. The molecular formula is C14H13N3S2. The van der Waals surface area contributed by atoms with Crippen LogP contribution in [0.2, 0.25) is 0 Å². The molecule has 3 rings (SSSR count). The number of thiazole rings is 1. The van der Waals surface area contributed by atoms with Crippen molar-refractivity contribution in [1.82, 2.24) is 15.3 Å². The lowest BCUT2D eigenvalue weighted by Gasteiger charge is -1.99. The molecule has 0 aliphatic heterocycles. The number of thiophene rings is 1. The van der Waals surface area contributed by atoms with Crippen LogP contribution < -0.4 is 5.32 Å². The molecule has 0 atom stereocenters. The zero-order valence-electron chi connectivity index (χ0n) is 10.2. The van der Waals surface area contributed by atoms with E-state index in [1.165, 1.54) is 4.88 Å². The van der Waals surface area contributed by atoms with Gasteiger partial charge in [-0.1, -0.05) is 12.1 Å². The van der Waals surface area contributed by atoms with Crippen LogP contribution in [0.1, 0.15) is 10.6 Å². The summed E-state index contributed by atoms with van der Waals surface area (Å²) in [7, 11) is 0. The summed E-state index contributed by atoms with van der Waals surface area (Å²) in [6, 6.07) is 10.1. The SMILES string of the molecule is c1ccc(-c2nc(CNCc3cccs3)cs2)nc1. The van der Waals surface area contributed by atoms with Gasteiger partial charge < -0.3 is 5.32 Å². The normalized spacial score (nSPS) is 10.7. The van der Waals surface area contributed by atoms with Gasteiger partial charge in [0, 0.05) is 29.5 Å². The Bertz CT molecular complexity index is 617. The summed E-state index contributed by atoms with van der Waals surface area (Å²) in [4.78, 5) is 10.3. The average Bonchev–Trinajstić information content (AvgIpc) is 3.11. The molecule has 0 spiro atoms. The Balaban J connectivity index is 1.59. The van der Waals surface area contributed by atoms with Gasteiger partial charge in [0.15, 0.2) is 0 Å². The summed E-state index contributed by atoms with van der Waals surface area (Å²) in [6.45, 7) is 1.69. The van der Waals surface area contributed by atoms with Gasteiger partial charge in [0.1, 0.15) is 5.01 Å². The van der Waals surface area contributed by atoms with Crippen LogP contribution in [0, 0.1) is 0 Å². The van der Waals surface area contributed by atoms with E-state index in [1.807, 2.05) is 18.2 Å². The van der Waals surface area contributed by atoms with Crippen LogP contribution in [-0.4, -0.2) is 9.97 Å². The molecule has 0 aromatic carbocycles. The van der Waals surface area contributed by atoms with Gasteiger partial charge in [-0.15, -0.1) is 22.7 Å². The van der Waals surface area contributed by atoms with E-state index in [2.05, 4.69) is 38.2 Å². The van der Waals surface area contributed by atoms with Gasteiger partial charge >= 0.3 is 0 Å². The zero-order chi connectivity index (χ0) is 12.9. The van der Waals surface area contributed by atoms with Gasteiger partial charge in [-0.2, -0.15) is 0 Å². The van der Waals surface area contributed by atoms with Crippen LogP contribution in [0.15, 0.2) is 47.3 Å². The minimum atomic E-state index is 0.793. The molecule has 0 saturated carbocycles. The Kier molecular flexibility index (Phi) is 3.98. The van der Waals surface area contributed by atoms with Gasteiger partial charge in [-0.25, -0.2) is 4.98 Å². The molecule has 0 fully saturated rings. The third-order valence-corrected chi connectivity index (χ3v) is 4.41. The van der Waals surface area contributed by atoms with Crippen LogP contribution >= 0.6 is 22.7 Å². The second-order valence-electron chi connectivity index (χ2n) is 4.04. The first kappa shape index (κ1) is 12.5. The fourth-order valence-electron chi connectivity index (χ4n) is 1.72.